The zero-order valence-corrected chi connectivity index (χ0v) is 28.4. The van der Waals surface area contributed by atoms with Gasteiger partial charge in [-0.25, -0.2) is 9.97 Å². The molecule has 4 aliphatic heterocycles. The fourth-order valence-corrected chi connectivity index (χ4v) is 8.96. The van der Waals surface area contributed by atoms with Crippen molar-refractivity contribution in [2.24, 2.45) is 4.99 Å². The van der Waals surface area contributed by atoms with Gasteiger partial charge in [-0.15, -0.1) is 11.8 Å². The summed E-state index contributed by atoms with van der Waals surface area (Å²) >= 11 is 3.41. The van der Waals surface area contributed by atoms with E-state index in [0.29, 0.717) is 50.1 Å². The molecule has 0 saturated carbocycles. The Morgan fingerprint density at radius 1 is 1.00 bits per heavy atom. The van der Waals surface area contributed by atoms with Crippen LogP contribution in [0.2, 0.25) is 0 Å². The van der Waals surface area contributed by atoms with Gasteiger partial charge in [0.2, 0.25) is 5.91 Å². The average Bonchev–Trinajstić information content (AvgIpc) is 3.81. The molecule has 2 amide bonds. The molecular weight excluding hydrogens is 609 g/mol. The number of methoxy groups -OCH3 is 1. The molecule has 6 rings (SSSR count). The lowest BCUT2D eigenvalue weighted by atomic mass is 10.1. The smallest absolute Gasteiger partial charge is 0.257 e. The summed E-state index contributed by atoms with van der Waals surface area (Å²) in [6.45, 7) is 12.9. The minimum absolute atomic E-state index is 0.0438. The quantitative estimate of drug-likeness (QED) is 0.448. The number of amides is 2. The predicted molar refractivity (Wildman–Crippen MR) is 182 cm³/mol. The van der Waals surface area contributed by atoms with Gasteiger partial charge in [0.25, 0.3) is 5.91 Å². The number of hydrogen-bond acceptors (Lipinski definition) is 11. The Hall–Kier alpha value is -3.03. The van der Waals surface area contributed by atoms with E-state index in [0.717, 1.165) is 46.2 Å². The zero-order chi connectivity index (χ0) is 31.5. The SMILES string of the molecule is COc1cc(C)c(SC2CN=C(Nc3cc(N4CCC[C@H]4CN4CCCC4)nc(C)n3)S2)cc1C(=O)N1CCN(C(C)=O)CC1. The van der Waals surface area contributed by atoms with Crippen molar-refractivity contribution in [2.75, 3.05) is 76.2 Å². The highest BCUT2D eigenvalue weighted by Gasteiger charge is 2.30. The second kappa shape index (κ2) is 14.2. The molecule has 1 unspecified atom stereocenters. The highest BCUT2D eigenvalue weighted by Crippen LogP contribution is 2.40. The Kier molecular flexibility index (Phi) is 10.1. The lowest BCUT2D eigenvalue weighted by Crippen LogP contribution is -2.50. The second-order valence-corrected chi connectivity index (χ2v) is 14.9. The number of thioether (sulfide) groups is 2. The molecule has 2 atom stereocenters. The monoisotopic (exact) mass is 652 g/mol. The molecule has 4 aliphatic rings. The highest BCUT2D eigenvalue weighted by atomic mass is 32.2. The van der Waals surface area contributed by atoms with E-state index in [4.69, 9.17) is 19.7 Å². The van der Waals surface area contributed by atoms with Crippen LogP contribution in [0.4, 0.5) is 11.6 Å². The van der Waals surface area contributed by atoms with Crippen molar-refractivity contribution in [3.8, 4) is 5.75 Å². The molecule has 5 heterocycles. The minimum atomic E-state index is -0.0646. The molecule has 1 N–H and O–H groups in total. The van der Waals surface area contributed by atoms with E-state index >= 15 is 0 Å². The van der Waals surface area contributed by atoms with Crippen LogP contribution in [0.5, 0.6) is 5.75 Å². The molecule has 242 valence electrons. The third-order valence-electron chi connectivity index (χ3n) is 9.02. The van der Waals surface area contributed by atoms with Gasteiger partial charge in [0.1, 0.15) is 23.2 Å². The van der Waals surface area contributed by atoms with Crippen molar-refractivity contribution in [3.63, 3.8) is 0 Å². The van der Waals surface area contributed by atoms with Crippen molar-refractivity contribution in [1.29, 1.82) is 0 Å². The summed E-state index contributed by atoms with van der Waals surface area (Å²) in [7, 11) is 1.60. The van der Waals surface area contributed by atoms with Crippen molar-refractivity contribution in [3.05, 3.63) is 35.2 Å². The van der Waals surface area contributed by atoms with Gasteiger partial charge in [-0.05, 0) is 70.3 Å². The summed E-state index contributed by atoms with van der Waals surface area (Å²) in [6, 6.07) is 6.47. The van der Waals surface area contributed by atoms with Gasteiger partial charge in [0.15, 0.2) is 5.17 Å². The first-order valence-electron chi connectivity index (χ1n) is 16.0. The Labute approximate surface area is 274 Å². The number of piperazine rings is 1. The van der Waals surface area contributed by atoms with Crippen LogP contribution in [0.25, 0.3) is 0 Å². The Bertz CT molecular complexity index is 1440. The maximum absolute atomic E-state index is 13.5. The third-order valence-corrected chi connectivity index (χ3v) is 11.6. The molecule has 0 radical (unpaired) electrons. The van der Waals surface area contributed by atoms with E-state index in [1.165, 1.54) is 38.8 Å². The number of aliphatic imine (C=N–C) groups is 1. The molecule has 0 aliphatic carbocycles. The van der Waals surface area contributed by atoms with Crippen LogP contribution in [-0.2, 0) is 4.79 Å². The van der Waals surface area contributed by atoms with Gasteiger partial charge in [-0.3, -0.25) is 14.6 Å². The molecule has 0 spiro atoms. The van der Waals surface area contributed by atoms with Crippen LogP contribution in [0.15, 0.2) is 28.1 Å². The summed E-state index contributed by atoms with van der Waals surface area (Å²) in [5.41, 5.74) is 1.61. The standard InChI is InChI=1S/C32H44N8O3S2/c1-21-16-26(43-4)25(31(42)39-14-12-38(13-15-39)23(3)41)17-27(21)44-30-19-33-32(45-30)36-28-18-29(35-22(2)34-28)40-11-7-8-24(40)20-37-9-5-6-10-37/h16-18,24,30H,5-15,19-20H2,1-4H3,(H,33,34,35,36)/t24-,30?/m0/s1. The molecule has 3 saturated heterocycles. The summed E-state index contributed by atoms with van der Waals surface area (Å²) in [4.78, 5) is 49.3. The average molecular weight is 653 g/mol. The molecule has 0 bridgehead atoms. The van der Waals surface area contributed by atoms with E-state index in [9.17, 15) is 9.59 Å². The number of amidine groups is 1. The van der Waals surface area contributed by atoms with Gasteiger partial charge in [0.05, 0.1) is 23.8 Å². The molecular formula is C32H44N8O3S2. The summed E-state index contributed by atoms with van der Waals surface area (Å²) in [5, 5.41) is 4.31. The van der Waals surface area contributed by atoms with Crippen LogP contribution >= 0.6 is 23.5 Å². The number of benzene rings is 1. The number of nitrogens with one attached hydrogen (secondary N) is 1. The van der Waals surface area contributed by atoms with Gasteiger partial charge in [0, 0.05) is 63.2 Å². The van der Waals surface area contributed by atoms with Crippen LogP contribution < -0.4 is 15.0 Å². The lowest BCUT2D eigenvalue weighted by Gasteiger charge is -2.34. The second-order valence-electron chi connectivity index (χ2n) is 12.2. The Morgan fingerprint density at radius 3 is 2.49 bits per heavy atom. The maximum Gasteiger partial charge on any atom is 0.257 e. The fourth-order valence-electron chi connectivity index (χ4n) is 6.61. The number of rotatable bonds is 8. The molecule has 11 nitrogen and oxygen atoms in total. The molecule has 1 aromatic carbocycles. The number of hydrogen-bond donors (Lipinski definition) is 1. The zero-order valence-electron chi connectivity index (χ0n) is 26.8. The largest absolute Gasteiger partial charge is 0.496 e. The van der Waals surface area contributed by atoms with Crippen LogP contribution in [0.3, 0.4) is 0 Å². The number of anilines is 2. The van der Waals surface area contributed by atoms with Crippen LogP contribution in [0, 0.1) is 13.8 Å². The lowest BCUT2D eigenvalue weighted by molar-refractivity contribution is -0.130. The Morgan fingerprint density at radius 2 is 1.76 bits per heavy atom. The normalized spacial score (nSPS) is 22.2. The van der Waals surface area contributed by atoms with Gasteiger partial charge < -0.3 is 29.7 Å². The first kappa shape index (κ1) is 31.9. The number of aryl methyl sites for hydroxylation is 2. The van der Waals surface area contributed by atoms with Gasteiger partial charge in [-0.2, -0.15) is 0 Å². The van der Waals surface area contributed by atoms with E-state index in [2.05, 4.69) is 21.2 Å². The van der Waals surface area contributed by atoms with Crippen molar-refractivity contribution < 1.29 is 14.3 Å². The number of nitrogens with zero attached hydrogens (tertiary/aromatic N) is 7. The molecule has 2 aromatic rings. The minimum Gasteiger partial charge on any atom is -0.496 e. The first-order valence-corrected chi connectivity index (χ1v) is 17.8. The number of carbonyl (C=O) groups excluding carboxylic acids is 2. The fraction of sp³-hybridized carbons (Fsp3) is 0.594. The Balaban J connectivity index is 1.09. The summed E-state index contributed by atoms with van der Waals surface area (Å²) < 4.78 is 5.78. The number of carbonyl (C=O) groups is 2. The maximum atomic E-state index is 13.5. The van der Waals surface area contributed by atoms with E-state index in [1.807, 2.05) is 30.9 Å². The van der Waals surface area contributed by atoms with Gasteiger partial charge in [-0.1, -0.05) is 11.8 Å². The molecule has 13 heteroatoms. The number of ether oxygens (including phenoxy) is 1. The third kappa shape index (κ3) is 7.52. The molecule has 1 aromatic heterocycles. The van der Waals surface area contributed by atoms with E-state index in [-0.39, 0.29) is 16.4 Å². The molecule has 45 heavy (non-hydrogen) atoms. The van der Waals surface area contributed by atoms with Crippen molar-refractivity contribution in [2.45, 2.75) is 62.0 Å². The number of likely N-dealkylation sites (tertiary alicyclic amines) is 1. The summed E-state index contributed by atoms with van der Waals surface area (Å²) in [6.07, 6.45) is 5.02. The topological polar surface area (TPSA) is 106 Å². The molecule has 3 fully saturated rings. The van der Waals surface area contributed by atoms with Gasteiger partial charge >= 0.3 is 0 Å². The van der Waals surface area contributed by atoms with E-state index in [1.54, 1.807) is 42.5 Å². The van der Waals surface area contributed by atoms with Crippen molar-refractivity contribution in [1.82, 2.24) is 24.7 Å². The predicted octanol–water partition coefficient (Wildman–Crippen LogP) is 4.10. The first-order chi connectivity index (χ1) is 21.8. The van der Waals surface area contributed by atoms with Crippen LogP contribution in [0.1, 0.15) is 54.4 Å². The van der Waals surface area contributed by atoms with Crippen molar-refractivity contribution >= 4 is 52.1 Å². The van der Waals surface area contributed by atoms with Crippen LogP contribution in [-0.4, -0.2) is 118 Å². The number of aromatic nitrogens is 2. The highest BCUT2D eigenvalue weighted by molar-refractivity contribution is 8.25. The summed E-state index contributed by atoms with van der Waals surface area (Å²) in [5.74, 6) is 3.08. The van der Waals surface area contributed by atoms with E-state index < -0.39 is 0 Å².